The molecule has 2 heteroatoms. The van der Waals surface area contributed by atoms with Gasteiger partial charge >= 0.3 is 0 Å². The van der Waals surface area contributed by atoms with Crippen LogP contribution in [0.25, 0.3) is 0 Å². The summed E-state index contributed by atoms with van der Waals surface area (Å²) in [6, 6.07) is 22.2. The molecule has 6 unspecified atom stereocenters. The minimum Gasteiger partial charge on any atom is -0.122 e. The highest BCUT2D eigenvalue weighted by atomic mass is 32.2. The molecule has 2 aromatic carbocycles. The SMILES string of the molecule is CC1C(C)C([Si](C)(CC(C)(C)C)c2ccccc2)C2Sc3ccccc3C12. The van der Waals surface area contributed by atoms with E-state index in [1.807, 2.05) is 0 Å². The van der Waals surface area contributed by atoms with Gasteiger partial charge in [0.2, 0.25) is 0 Å². The van der Waals surface area contributed by atoms with Crippen molar-refractivity contribution in [2.24, 2.45) is 17.3 Å². The van der Waals surface area contributed by atoms with Gasteiger partial charge in [-0.25, -0.2) is 0 Å². The molecule has 0 N–H and O–H groups in total. The van der Waals surface area contributed by atoms with Gasteiger partial charge in [-0.1, -0.05) is 94.9 Å². The average Bonchev–Trinajstić information content (AvgIpc) is 3.09. The van der Waals surface area contributed by atoms with Gasteiger partial charge in [0, 0.05) is 16.1 Å². The second-order valence-corrected chi connectivity index (χ2v) is 16.1. The van der Waals surface area contributed by atoms with Gasteiger partial charge in [0.1, 0.15) is 0 Å². The fourth-order valence-electron chi connectivity index (χ4n) is 6.37. The fourth-order valence-corrected chi connectivity index (χ4v) is 15.6. The first-order chi connectivity index (χ1) is 12.7. The molecule has 0 bridgehead atoms. The van der Waals surface area contributed by atoms with E-state index >= 15 is 0 Å². The lowest BCUT2D eigenvalue weighted by atomic mass is 9.87. The lowest BCUT2D eigenvalue weighted by molar-refractivity contribution is 0.413. The van der Waals surface area contributed by atoms with Crippen LogP contribution in [0.3, 0.4) is 0 Å². The second kappa shape index (κ2) is 6.81. The average molecular weight is 395 g/mol. The van der Waals surface area contributed by atoms with Gasteiger partial charge in [-0.3, -0.25) is 0 Å². The Morgan fingerprint density at radius 1 is 0.889 bits per heavy atom. The van der Waals surface area contributed by atoms with Crippen LogP contribution in [0.2, 0.25) is 18.1 Å². The van der Waals surface area contributed by atoms with Crippen molar-refractivity contribution < 1.29 is 0 Å². The summed E-state index contributed by atoms with van der Waals surface area (Å²) in [6.07, 6.45) is 0. The third kappa shape index (κ3) is 3.23. The van der Waals surface area contributed by atoms with E-state index in [4.69, 9.17) is 0 Å². The molecule has 0 nitrogen and oxygen atoms in total. The van der Waals surface area contributed by atoms with Crippen LogP contribution in [0.1, 0.15) is 46.1 Å². The molecule has 0 spiro atoms. The van der Waals surface area contributed by atoms with Gasteiger partial charge < -0.3 is 0 Å². The minimum atomic E-state index is -1.68. The first-order valence-corrected chi connectivity index (χ1v) is 14.2. The van der Waals surface area contributed by atoms with E-state index in [0.29, 0.717) is 5.41 Å². The zero-order valence-electron chi connectivity index (χ0n) is 17.7. The van der Waals surface area contributed by atoms with Crippen LogP contribution < -0.4 is 5.19 Å². The van der Waals surface area contributed by atoms with Gasteiger partial charge in [-0.2, -0.15) is 0 Å². The summed E-state index contributed by atoms with van der Waals surface area (Å²) in [5.41, 5.74) is 2.83. The number of rotatable bonds is 3. The van der Waals surface area contributed by atoms with Crippen LogP contribution >= 0.6 is 11.8 Å². The normalized spacial score (nSPS) is 32.0. The lowest BCUT2D eigenvalue weighted by Crippen LogP contribution is -2.54. The summed E-state index contributed by atoms with van der Waals surface area (Å²) in [5.74, 6) is 2.30. The quantitative estimate of drug-likeness (QED) is 0.508. The largest absolute Gasteiger partial charge is 0.122 e. The van der Waals surface area contributed by atoms with Gasteiger partial charge in [-0.05, 0) is 40.5 Å². The number of benzene rings is 2. The molecule has 4 rings (SSSR count). The van der Waals surface area contributed by atoms with Crippen molar-refractivity contribution in [2.45, 2.75) is 68.8 Å². The van der Waals surface area contributed by atoms with E-state index in [1.54, 1.807) is 15.6 Å². The van der Waals surface area contributed by atoms with Crippen molar-refractivity contribution in [1.29, 1.82) is 0 Å². The molecule has 0 aromatic heterocycles. The van der Waals surface area contributed by atoms with Crippen LogP contribution in [0.15, 0.2) is 59.5 Å². The predicted molar refractivity (Wildman–Crippen MR) is 123 cm³/mol. The topological polar surface area (TPSA) is 0 Å². The van der Waals surface area contributed by atoms with Crippen molar-refractivity contribution in [3.8, 4) is 0 Å². The molecule has 1 saturated carbocycles. The Balaban J connectivity index is 1.81. The summed E-state index contributed by atoms with van der Waals surface area (Å²) in [6.45, 7) is 15.1. The molecule has 0 saturated heterocycles. The van der Waals surface area contributed by atoms with E-state index in [-0.39, 0.29) is 0 Å². The molecule has 1 fully saturated rings. The lowest BCUT2D eigenvalue weighted by Gasteiger charge is -2.43. The zero-order chi connectivity index (χ0) is 19.4. The maximum absolute atomic E-state index is 2.70. The van der Waals surface area contributed by atoms with Crippen LogP contribution in [0.4, 0.5) is 0 Å². The third-order valence-corrected chi connectivity index (χ3v) is 14.8. The Morgan fingerprint density at radius 3 is 2.19 bits per heavy atom. The zero-order valence-corrected chi connectivity index (χ0v) is 19.5. The van der Waals surface area contributed by atoms with Crippen LogP contribution in [0, 0.1) is 17.3 Å². The smallest absolute Gasteiger partial charge is 0.0886 e. The van der Waals surface area contributed by atoms with Crippen LogP contribution in [0.5, 0.6) is 0 Å². The van der Waals surface area contributed by atoms with Crippen molar-refractivity contribution >= 4 is 25.0 Å². The first-order valence-electron chi connectivity index (χ1n) is 10.5. The molecule has 1 aliphatic carbocycles. The van der Waals surface area contributed by atoms with E-state index in [9.17, 15) is 0 Å². The third-order valence-electron chi connectivity index (χ3n) is 7.28. The summed E-state index contributed by atoms with van der Waals surface area (Å²) < 4.78 is 0. The van der Waals surface area contributed by atoms with Gasteiger partial charge in [0.15, 0.2) is 0 Å². The van der Waals surface area contributed by atoms with Crippen molar-refractivity contribution in [2.75, 3.05) is 0 Å². The Kier molecular flexibility index (Phi) is 4.87. The van der Waals surface area contributed by atoms with E-state index in [1.165, 1.54) is 6.04 Å². The molecule has 0 amide bonds. The maximum atomic E-state index is 2.70. The summed E-state index contributed by atoms with van der Waals surface area (Å²) in [4.78, 5) is 1.55. The highest BCUT2D eigenvalue weighted by molar-refractivity contribution is 8.00. The molecule has 1 heterocycles. The summed E-state index contributed by atoms with van der Waals surface area (Å²) in [5, 5.41) is 2.42. The van der Waals surface area contributed by atoms with E-state index in [0.717, 1.165) is 28.5 Å². The molecule has 27 heavy (non-hydrogen) atoms. The minimum absolute atomic E-state index is 0.369. The fraction of sp³-hybridized carbons (Fsp3) is 0.520. The molecular weight excluding hydrogens is 360 g/mol. The monoisotopic (exact) mass is 394 g/mol. The highest BCUT2D eigenvalue weighted by Gasteiger charge is 2.58. The van der Waals surface area contributed by atoms with Crippen molar-refractivity contribution in [3.05, 3.63) is 60.2 Å². The first kappa shape index (κ1) is 19.3. The molecule has 1 aliphatic heterocycles. The molecular formula is C25H34SSi. The molecule has 144 valence electrons. The van der Waals surface area contributed by atoms with Gasteiger partial charge in [0.05, 0.1) is 8.07 Å². The Bertz CT molecular complexity index is 809. The van der Waals surface area contributed by atoms with E-state index in [2.05, 4.69) is 108 Å². The van der Waals surface area contributed by atoms with Crippen LogP contribution in [-0.2, 0) is 0 Å². The second-order valence-electron chi connectivity index (χ2n) is 10.4. The Labute approximate surface area is 171 Å². The number of thioether (sulfide) groups is 1. The number of fused-ring (bicyclic) bond motifs is 3. The number of hydrogen-bond acceptors (Lipinski definition) is 1. The summed E-state index contributed by atoms with van der Waals surface area (Å²) >= 11 is 2.20. The maximum Gasteiger partial charge on any atom is 0.0886 e. The molecule has 2 aliphatic rings. The van der Waals surface area contributed by atoms with Crippen molar-refractivity contribution in [1.82, 2.24) is 0 Å². The highest BCUT2D eigenvalue weighted by Crippen LogP contribution is 2.65. The Morgan fingerprint density at radius 2 is 1.52 bits per heavy atom. The molecule has 0 radical (unpaired) electrons. The Hall–Kier alpha value is -0.993. The standard InChI is InChI=1S/C25H34SSi/c1-17-18(2)24(23-22(17)20-14-10-11-15-21(20)26-23)27(6,16-25(3,4)5)19-12-8-7-9-13-19/h7-15,17-18,22-24H,16H2,1-6H3. The van der Waals surface area contributed by atoms with Gasteiger partial charge in [0.25, 0.3) is 0 Å². The van der Waals surface area contributed by atoms with Crippen LogP contribution in [-0.4, -0.2) is 13.3 Å². The molecule has 6 atom stereocenters. The molecule has 2 aromatic rings. The predicted octanol–water partition coefficient (Wildman–Crippen LogP) is 6.93. The summed E-state index contributed by atoms with van der Waals surface area (Å²) in [7, 11) is -1.68. The number of hydrogen-bond donors (Lipinski definition) is 0. The van der Waals surface area contributed by atoms with Gasteiger partial charge in [-0.15, -0.1) is 11.8 Å². The van der Waals surface area contributed by atoms with E-state index < -0.39 is 8.07 Å². The van der Waals surface area contributed by atoms with Crippen molar-refractivity contribution in [3.63, 3.8) is 0 Å².